The Balaban J connectivity index is 1.91. The van der Waals surface area contributed by atoms with Crippen LogP contribution in [-0.4, -0.2) is 33.7 Å². The molecule has 0 fully saturated rings. The summed E-state index contributed by atoms with van der Waals surface area (Å²) < 4.78 is 2.81. The Bertz CT molecular complexity index is 497. The summed E-state index contributed by atoms with van der Waals surface area (Å²) in [5.41, 5.74) is 1.75. The van der Waals surface area contributed by atoms with Gasteiger partial charge in [0.05, 0.1) is 19.3 Å². The van der Waals surface area contributed by atoms with Gasteiger partial charge in [0.1, 0.15) is 5.69 Å². The third-order valence-electron chi connectivity index (χ3n) is 2.68. The van der Waals surface area contributed by atoms with Gasteiger partial charge in [0.2, 0.25) is 0 Å². The molecule has 18 heavy (non-hydrogen) atoms. The van der Waals surface area contributed by atoms with Gasteiger partial charge in [-0.25, -0.2) is 0 Å². The molecule has 1 heterocycles. The number of benzene rings is 1. The van der Waals surface area contributed by atoms with Gasteiger partial charge >= 0.3 is 0 Å². The highest BCUT2D eigenvalue weighted by Crippen LogP contribution is 2.17. The van der Waals surface area contributed by atoms with Crippen LogP contribution in [0.1, 0.15) is 5.69 Å². The van der Waals surface area contributed by atoms with Gasteiger partial charge in [-0.2, -0.15) is 0 Å². The third kappa shape index (κ3) is 3.30. The lowest BCUT2D eigenvalue weighted by Gasteiger charge is -2.19. The highest BCUT2D eigenvalue weighted by atomic mass is 79.9. The van der Waals surface area contributed by atoms with Gasteiger partial charge < -0.3 is 10.0 Å². The molecule has 0 radical (unpaired) electrons. The first-order valence-electron chi connectivity index (χ1n) is 5.65. The number of hydrogen-bond donors (Lipinski definition) is 1. The van der Waals surface area contributed by atoms with Crippen LogP contribution in [0.25, 0.3) is 0 Å². The maximum absolute atomic E-state index is 8.90. The van der Waals surface area contributed by atoms with E-state index in [2.05, 4.69) is 43.3 Å². The third-order valence-corrected chi connectivity index (χ3v) is 3.21. The lowest BCUT2D eigenvalue weighted by molar-refractivity contribution is 0.276. The molecular weight excluding hydrogens is 296 g/mol. The molecular formula is C12H15BrN4O. The van der Waals surface area contributed by atoms with Gasteiger partial charge in [-0.1, -0.05) is 21.1 Å². The topological polar surface area (TPSA) is 54.2 Å². The monoisotopic (exact) mass is 310 g/mol. The van der Waals surface area contributed by atoms with Crippen molar-refractivity contribution >= 4 is 21.6 Å². The summed E-state index contributed by atoms with van der Waals surface area (Å²) >= 11 is 3.42. The zero-order chi connectivity index (χ0) is 13.0. The van der Waals surface area contributed by atoms with Crippen LogP contribution in [0.3, 0.4) is 0 Å². The number of nitrogens with zero attached hydrogens (tertiary/aromatic N) is 4. The quantitative estimate of drug-likeness (QED) is 0.912. The van der Waals surface area contributed by atoms with Crippen molar-refractivity contribution in [3.8, 4) is 0 Å². The fraction of sp³-hybridized carbons (Fsp3) is 0.333. The standard InChI is InChI=1S/C12H15BrN4O/c1-16(12-4-2-10(13)3-5-12)6-7-17-8-11(9-18)14-15-17/h2-5,8,18H,6-7,9H2,1H3. The SMILES string of the molecule is CN(CCn1cc(CO)nn1)c1ccc(Br)cc1. The van der Waals surface area contributed by atoms with Gasteiger partial charge in [-0.05, 0) is 24.3 Å². The van der Waals surface area contributed by atoms with Gasteiger partial charge in [0.25, 0.3) is 0 Å². The summed E-state index contributed by atoms with van der Waals surface area (Å²) in [4.78, 5) is 2.15. The normalized spacial score (nSPS) is 10.6. The fourth-order valence-corrected chi connectivity index (χ4v) is 1.86. The number of likely N-dealkylation sites (N-methyl/N-ethyl adjacent to an activating group) is 1. The Morgan fingerprint density at radius 2 is 2.06 bits per heavy atom. The van der Waals surface area contributed by atoms with Crippen molar-refractivity contribution in [3.05, 3.63) is 40.6 Å². The molecule has 0 bridgehead atoms. The Kier molecular flexibility index (Phi) is 4.33. The number of anilines is 1. The molecule has 0 atom stereocenters. The minimum atomic E-state index is -0.0669. The van der Waals surface area contributed by atoms with Crippen LogP contribution < -0.4 is 4.90 Å². The molecule has 2 rings (SSSR count). The van der Waals surface area contributed by atoms with E-state index in [1.807, 2.05) is 19.2 Å². The lowest BCUT2D eigenvalue weighted by Crippen LogP contribution is -2.22. The van der Waals surface area contributed by atoms with E-state index in [1.54, 1.807) is 10.9 Å². The van der Waals surface area contributed by atoms with Gasteiger partial charge in [0.15, 0.2) is 0 Å². The van der Waals surface area contributed by atoms with Crippen molar-refractivity contribution in [3.63, 3.8) is 0 Å². The zero-order valence-electron chi connectivity index (χ0n) is 10.1. The van der Waals surface area contributed by atoms with E-state index < -0.39 is 0 Å². The average molecular weight is 311 g/mol. The number of aliphatic hydroxyl groups excluding tert-OH is 1. The molecule has 96 valence electrons. The maximum atomic E-state index is 8.90. The van der Waals surface area contributed by atoms with E-state index in [0.29, 0.717) is 5.69 Å². The Morgan fingerprint density at radius 3 is 2.67 bits per heavy atom. The summed E-state index contributed by atoms with van der Waals surface area (Å²) in [5.74, 6) is 0. The molecule has 0 aliphatic heterocycles. The highest BCUT2D eigenvalue weighted by Gasteiger charge is 2.03. The summed E-state index contributed by atoms with van der Waals surface area (Å²) in [6.07, 6.45) is 1.76. The lowest BCUT2D eigenvalue weighted by atomic mass is 10.3. The molecule has 0 aliphatic carbocycles. The van der Waals surface area contributed by atoms with Crippen molar-refractivity contribution in [2.24, 2.45) is 0 Å². The molecule has 0 unspecified atom stereocenters. The molecule has 6 heteroatoms. The maximum Gasteiger partial charge on any atom is 0.108 e. The van der Waals surface area contributed by atoms with Crippen LogP contribution in [-0.2, 0) is 13.2 Å². The number of aliphatic hydroxyl groups is 1. The fourth-order valence-electron chi connectivity index (χ4n) is 1.60. The van der Waals surface area contributed by atoms with Gasteiger partial charge in [-0.15, -0.1) is 5.10 Å². The summed E-state index contributed by atoms with van der Waals surface area (Å²) in [5, 5.41) is 16.7. The molecule has 5 nitrogen and oxygen atoms in total. The van der Waals surface area contributed by atoms with E-state index in [1.165, 1.54) is 0 Å². The minimum Gasteiger partial charge on any atom is -0.390 e. The number of hydrogen-bond acceptors (Lipinski definition) is 4. The molecule has 0 saturated heterocycles. The molecule has 0 amide bonds. The van der Waals surface area contributed by atoms with Gasteiger partial charge in [0, 0.05) is 23.8 Å². The van der Waals surface area contributed by atoms with Crippen LogP contribution in [0.5, 0.6) is 0 Å². The molecule has 0 saturated carbocycles. The summed E-state index contributed by atoms with van der Waals surface area (Å²) in [6, 6.07) is 8.16. The molecule has 2 aromatic rings. The summed E-state index contributed by atoms with van der Waals surface area (Å²) in [7, 11) is 2.03. The van der Waals surface area contributed by atoms with Crippen molar-refractivity contribution < 1.29 is 5.11 Å². The van der Waals surface area contributed by atoms with Crippen LogP contribution in [0.4, 0.5) is 5.69 Å². The van der Waals surface area contributed by atoms with Crippen LogP contribution in [0, 0.1) is 0 Å². The average Bonchev–Trinajstić information content (AvgIpc) is 2.85. The molecule has 1 aromatic heterocycles. The first-order valence-corrected chi connectivity index (χ1v) is 6.45. The smallest absolute Gasteiger partial charge is 0.108 e. The van der Waals surface area contributed by atoms with Crippen molar-refractivity contribution in [2.45, 2.75) is 13.2 Å². The van der Waals surface area contributed by atoms with E-state index in [0.717, 1.165) is 23.2 Å². The number of rotatable bonds is 5. The van der Waals surface area contributed by atoms with E-state index in [-0.39, 0.29) is 6.61 Å². The highest BCUT2D eigenvalue weighted by molar-refractivity contribution is 9.10. The predicted octanol–water partition coefficient (Wildman–Crippen LogP) is 1.67. The molecule has 1 N–H and O–H groups in total. The van der Waals surface area contributed by atoms with E-state index in [9.17, 15) is 0 Å². The van der Waals surface area contributed by atoms with Crippen LogP contribution in [0.15, 0.2) is 34.9 Å². The van der Waals surface area contributed by atoms with E-state index >= 15 is 0 Å². The predicted molar refractivity (Wildman–Crippen MR) is 73.4 cm³/mol. The number of aromatic nitrogens is 3. The van der Waals surface area contributed by atoms with Crippen molar-refractivity contribution in [2.75, 3.05) is 18.5 Å². The second-order valence-corrected chi connectivity index (χ2v) is 4.94. The number of halogens is 1. The second kappa shape index (κ2) is 5.97. The van der Waals surface area contributed by atoms with Crippen LogP contribution >= 0.6 is 15.9 Å². The summed E-state index contributed by atoms with van der Waals surface area (Å²) in [6.45, 7) is 1.50. The van der Waals surface area contributed by atoms with Crippen molar-refractivity contribution in [1.29, 1.82) is 0 Å². The van der Waals surface area contributed by atoms with Gasteiger partial charge in [-0.3, -0.25) is 4.68 Å². The first-order chi connectivity index (χ1) is 8.69. The van der Waals surface area contributed by atoms with Crippen molar-refractivity contribution in [1.82, 2.24) is 15.0 Å². The zero-order valence-corrected chi connectivity index (χ0v) is 11.7. The first kappa shape index (κ1) is 13.0. The Labute approximate surface area is 114 Å². The Hall–Kier alpha value is -1.40. The molecule has 0 aliphatic rings. The van der Waals surface area contributed by atoms with Crippen LogP contribution in [0.2, 0.25) is 0 Å². The molecule has 0 spiro atoms. The Morgan fingerprint density at radius 1 is 1.33 bits per heavy atom. The minimum absolute atomic E-state index is 0.0669. The molecule has 1 aromatic carbocycles. The van der Waals surface area contributed by atoms with E-state index in [4.69, 9.17) is 5.11 Å². The second-order valence-electron chi connectivity index (χ2n) is 4.03. The largest absolute Gasteiger partial charge is 0.390 e.